The Morgan fingerprint density at radius 2 is 2.38 bits per heavy atom. The zero-order valence-electron chi connectivity index (χ0n) is 9.87. The van der Waals surface area contributed by atoms with Crippen LogP contribution >= 0.6 is 0 Å². The summed E-state index contributed by atoms with van der Waals surface area (Å²) in [6, 6.07) is 0.754. The standard InChI is InChI=1S/C11H21N3O2/c1-14(9-2-3-9)6-4-13-11(15)10-8-12-5-7-16-10/h9-10,12H,2-8H2,1H3,(H,13,15). The summed E-state index contributed by atoms with van der Waals surface area (Å²) in [5, 5.41) is 6.07. The van der Waals surface area contributed by atoms with Gasteiger partial charge in [0.15, 0.2) is 0 Å². The second-order valence-corrected chi connectivity index (χ2v) is 4.57. The van der Waals surface area contributed by atoms with Crippen molar-refractivity contribution in [2.75, 3.05) is 39.8 Å². The van der Waals surface area contributed by atoms with Gasteiger partial charge in [-0.05, 0) is 19.9 Å². The SMILES string of the molecule is CN(CCNC(=O)C1CNCCO1)C1CC1. The second kappa shape index (κ2) is 5.61. The molecule has 5 nitrogen and oxygen atoms in total. The maximum atomic E-state index is 11.7. The molecule has 1 aliphatic heterocycles. The molecule has 1 saturated carbocycles. The first-order valence-electron chi connectivity index (χ1n) is 6.07. The van der Waals surface area contributed by atoms with Gasteiger partial charge >= 0.3 is 0 Å². The highest BCUT2D eigenvalue weighted by Crippen LogP contribution is 2.24. The van der Waals surface area contributed by atoms with E-state index in [9.17, 15) is 4.79 Å². The first-order valence-corrected chi connectivity index (χ1v) is 6.07. The normalized spacial score (nSPS) is 25.8. The molecular formula is C11H21N3O2. The number of carbonyl (C=O) groups excluding carboxylic acids is 1. The molecule has 1 aliphatic carbocycles. The number of nitrogens with zero attached hydrogens (tertiary/aromatic N) is 1. The topological polar surface area (TPSA) is 53.6 Å². The number of carbonyl (C=O) groups is 1. The van der Waals surface area contributed by atoms with Crippen molar-refractivity contribution in [2.45, 2.75) is 25.0 Å². The fraction of sp³-hybridized carbons (Fsp3) is 0.909. The second-order valence-electron chi connectivity index (χ2n) is 4.57. The van der Waals surface area contributed by atoms with Gasteiger partial charge < -0.3 is 20.3 Å². The minimum absolute atomic E-state index is 0.0106. The Kier molecular flexibility index (Phi) is 4.15. The van der Waals surface area contributed by atoms with Crippen LogP contribution in [-0.4, -0.2) is 62.8 Å². The monoisotopic (exact) mass is 227 g/mol. The molecule has 2 aliphatic rings. The fourth-order valence-corrected chi connectivity index (χ4v) is 1.90. The van der Waals surface area contributed by atoms with Crippen molar-refractivity contribution in [3.8, 4) is 0 Å². The van der Waals surface area contributed by atoms with E-state index < -0.39 is 0 Å². The van der Waals surface area contributed by atoms with Gasteiger partial charge in [-0.2, -0.15) is 0 Å². The lowest BCUT2D eigenvalue weighted by Crippen LogP contribution is -2.49. The van der Waals surface area contributed by atoms with Gasteiger partial charge in [-0.25, -0.2) is 0 Å². The number of hydrogen-bond donors (Lipinski definition) is 2. The van der Waals surface area contributed by atoms with Crippen molar-refractivity contribution in [2.24, 2.45) is 0 Å². The van der Waals surface area contributed by atoms with Crippen molar-refractivity contribution in [3.63, 3.8) is 0 Å². The molecule has 2 N–H and O–H groups in total. The average Bonchev–Trinajstić information content (AvgIpc) is 3.14. The summed E-state index contributed by atoms with van der Waals surface area (Å²) in [6.07, 6.45) is 2.31. The van der Waals surface area contributed by atoms with Gasteiger partial charge in [0.05, 0.1) is 6.61 Å². The third-order valence-electron chi connectivity index (χ3n) is 3.15. The molecule has 2 fully saturated rings. The molecule has 0 aromatic rings. The lowest BCUT2D eigenvalue weighted by molar-refractivity contribution is -0.134. The third kappa shape index (κ3) is 3.43. The fourth-order valence-electron chi connectivity index (χ4n) is 1.90. The van der Waals surface area contributed by atoms with Crippen LogP contribution < -0.4 is 10.6 Å². The van der Waals surface area contributed by atoms with Gasteiger partial charge in [-0.3, -0.25) is 4.79 Å². The molecule has 1 atom stereocenters. The van der Waals surface area contributed by atoms with Gasteiger partial charge in [-0.1, -0.05) is 0 Å². The van der Waals surface area contributed by atoms with E-state index in [1.54, 1.807) is 0 Å². The van der Waals surface area contributed by atoms with Crippen LogP contribution in [0.5, 0.6) is 0 Å². The lowest BCUT2D eigenvalue weighted by atomic mass is 10.3. The van der Waals surface area contributed by atoms with Crippen LogP contribution in [0.4, 0.5) is 0 Å². The smallest absolute Gasteiger partial charge is 0.250 e. The summed E-state index contributed by atoms with van der Waals surface area (Å²) in [5.74, 6) is 0.0106. The first-order chi connectivity index (χ1) is 7.77. The van der Waals surface area contributed by atoms with Gasteiger partial charge in [0.1, 0.15) is 6.10 Å². The summed E-state index contributed by atoms with van der Waals surface area (Å²) in [6.45, 7) is 3.74. The zero-order chi connectivity index (χ0) is 11.4. The van der Waals surface area contributed by atoms with E-state index in [1.807, 2.05) is 0 Å². The zero-order valence-corrected chi connectivity index (χ0v) is 9.87. The van der Waals surface area contributed by atoms with Gasteiger partial charge in [0.2, 0.25) is 0 Å². The van der Waals surface area contributed by atoms with Crippen molar-refractivity contribution >= 4 is 5.91 Å². The average molecular weight is 227 g/mol. The van der Waals surface area contributed by atoms with Crippen molar-refractivity contribution in [1.82, 2.24) is 15.5 Å². The molecule has 2 rings (SSSR count). The van der Waals surface area contributed by atoms with Crippen LogP contribution in [0.15, 0.2) is 0 Å². The largest absolute Gasteiger partial charge is 0.366 e. The Balaban J connectivity index is 1.59. The van der Waals surface area contributed by atoms with Crippen LogP contribution in [0.25, 0.3) is 0 Å². The van der Waals surface area contributed by atoms with E-state index in [-0.39, 0.29) is 12.0 Å². The summed E-state index contributed by atoms with van der Waals surface area (Å²) in [5.41, 5.74) is 0. The van der Waals surface area contributed by atoms with E-state index in [2.05, 4.69) is 22.6 Å². The number of morpholine rings is 1. The van der Waals surface area contributed by atoms with Crippen molar-refractivity contribution < 1.29 is 9.53 Å². The molecule has 92 valence electrons. The molecular weight excluding hydrogens is 206 g/mol. The lowest BCUT2D eigenvalue weighted by Gasteiger charge is -2.23. The predicted octanol–water partition coefficient (Wildman–Crippen LogP) is -0.815. The maximum Gasteiger partial charge on any atom is 0.250 e. The van der Waals surface area contributed by atoms with E-state index in [1.165, 1.54) is 12.8 Å². The highest BCUT2D eigenvalue weighted by molar-refractivity contribution is 5.81. The highest BCUT2D eigenvalue weighted by atomic mass is 16.5. The molecule has 0 spiro atoms. The van der Waals surface area contributed by atoms with Crippen LogP contribution in [0.3, 0.4) is 0 Å². The van der Waals surface area contributed by atoms with Gasteiger partial charge in [0, 0.05) is 32.2 Å². The van der Waals surface area contributed by atoms with Crippen LogP contribution in [0.2, 0.25) is 0 Å². The summed E-state index contributed by atoms with van der Waals surface area (Å²) >= 11 is 0. The van der Waals surface area contributed by atoms with Crippen LogP contribution in [-0.2, 0) is 9.53 Å². The quantitative estimate of drug-likeness (QED) is 0.645. The molecule has 0 aromatic heterocycles. The summed E-state index contributed by atoms with van der Waals surface area (Å²) in [7, 11) is 2.11. The van der Waals surface area contributed by atoms with Crippen molar-refractivity contribution in [3.05, 3.63) is 0 Å². The van der Waals surface area contributed by atoms with Gasteiger partial charge in [0.25, 0.3) is 5.91 Å². The first kappa shape index (κ1) is 11.8. The maximum absolute atomic E-state index is 11.7. The number of likely N-dealkylation sites (N-methyl/N-ethyl adjacent to an activating group) is 1. The van der Waals surface area contributed by atoms with Gasteiger partial charge in [-0.15, -0.1) is 0 Å². The summed E-state index contributed by atoms with van der Waals surface area (Å²) in [4.78, 5) is 14.0. The Labute approximate surface area is 96.5 Å². The minimum atomic E-state index is -0.306. The van der Waals surface area contributed by atoms with E-state index in [0.717, 1.165) is 19.1 Å². The number of nitrogens with one attached hydrogen (secondary N) is 2. The number of rotatable bonds is 5. The Morgan fingerprint density at radius 3 is 3.00 bits per heavy atom. The molecule has 0 bridgehead atoms. The molecule has 1 saturated heterocycles. The highest BCUT2D eigenvalue weighted by Gasteiger charge is 2.26. The molecule has 16 heavy (non-hydrogen) atoms. The summed E-state index contributed by atoms with van der Waals surface area (Å²) < 4.78 is 5.37. The number of hydrogen-bond acceptors (Lipinski definition) is 4. The molecule has 0 aromatic carbocycles. The Hall–Kier alpha value is -0.650. The molecule has 1 unspecified atom stereocenters. The predicted molar refractivity (Wildman–Crippen MR) is 61.3 cm³/mol. The molecule has 0 radical (unpaired) electrons. The molecule has 5 heteroatoms. The van der Waals surface area contributed by atoms with E-state index in [0.29, 0.717) is 19.7 Å². The minimum Gasteiger partial charge on any atom is -0.366 e. The Morgan fingerprint density at radius 1 is 1.56 bits per heavy atom. The number of ether oxygens (including phenoxy) is 1. The van der Waals surface area contributed by atoms with Crippen LogP contribution in [0, 0.1) is 0 Å². The van der Waals surface area contributed by atoms with E-state index in [4.69, 9.17) is 4.74 Å². The van der Waals surface area contributed by atoms with Crippen molar-refractivity contribution in [1.29, 1.82) is 0 Å². The molecule has 1 amide bonds. The van der Waals surface area contributed by atoms with E-state index >= 15 is 0 Å². The van der Waals surface area contributed by atoms with Crippen LogP contribution in [0.1, 0.15) is 12.8 Å². The third-order valence-corrected chi connectivity index (χ3v) is 3.15. The number of amides is 1. The Bertz CT molecular complexity index is 237. The molecule has 1 heterocycles.